The van der Waals surface area contributed by atoms with Crippen molar-refractivity contribution in [2.24, 2.45) is 18.5 Å². The SMILES string of the molecule is Cn1cc(C(N)=O)cc1-c1nc(C2(N)CCCC2)no1. The van der Waals surface area contributed by atoms with Gasteiger partial charge in [-0.3, -0.25) is 4.79 Å². The number of hydrogen-bond acceptors (Lipinski definition) is 5. The third-order valence-corrected chi connectivity index (χ3v) is 3.88. The lowest BCUT2D eigenvalue weighted by atomic mass is 9.99. The van der Waals surface area contributed by atoms with Crippen LogP contribution in [-0.4, -0.2) is 20.6 Å². The first-order chi connectivity index (χ1) is 9.49. The Kier molecular flexibility index (Phi) is 2.86. The van der Waals surface area contributed by atoms with E-state index in [-0.39, 0.29) is 0 Å². The molecule has 3 rings (SSSR count). The molecule has 0 spiro atoms. The van der Waals surface area contributed by atoms with Crippen LogP contribution in [-0.2, 0) is 12.6 Å². The van der Waals surface area contributed by atoms with Crippen molar-refractivity contribution in [1.29, 1.82) is 0 Å². The highest BCUT2D eigenvalue weighted by molar-refractivity contribution is 5.93. The lowest BCUT2D eigenvalue weighted by molar-refractivity contribution is 0.100. The monoisotopic (exact) mass is 275 g/mol. The van der Waals surface area contributed by atoms with Crippen LogP contribution in [0.2, 0.25) is 0 Å². The van der Waals surface area contributed by atoms with E-state index in [9.17, 15) is 4.79 Å². The van der Waals surface area contributed by atoms with Gasteiger partial charge in [-0.25, -0.2) is 0 Å². The van der Waals surface area contributed by atoms with E-state index in [2.05, 4.69) is 10.1 Å². The van der Waals surface area contributed by atoms with Crippen LogP contribution in [0.3, 0.4) is 0 Å². The molecule has 2 aromatic rings. The van der Waals surface area contributed by atoms with Gasteiger partial charge in [-0.15, -0.1) is 0 Å². The highest BCUT2D eigenvalue weighted by Gasteiger charge is 2.36. The summed E-state index contributed by atoms with van der Waals surface area (Å²) in [5, 5.41) is 4.00. The van der Waals surface area contributed by atoms with E-state index in [4.69, 9.17) is 16.0 Å². The number of rotatable bonds is 3. The number of nitrogens with two attached hydrogens (primary N) is 2. The Hall–Kier alpha value is -2.15. The molecule has 1 amide bonds. The highest BCUT2D eigenvalue weighted by Crippen LogP contribution is 2.35. The van der Waals surface area contributed by atoms with Crippen LogP contribution in [0.4, 0.5) is 0 Å². The van der Waals surface area contributed by atoms with Crippen molar-refractivity contribution in [3.8, 4) is 11.6 Å². The van der Waals surface area contributed by atoms with Gasteiger partial charge in [0.15, 0.2) is 5.82 Å². The second kappa shape index (κ2) is 4.45. The number of hydrogen-bond donors (Lipinski definition) is 2. The summed E-state index contributed by atoms with van der Waals surface area (Å²) >= 11 is 0. The molecule has 7 nitrogen and oxygen atoms in total. The quantitative estimate of drug-likeness (QED) is 0.864. The van der Waals surface area contributed by atoms with Crippen molar-refractivity contribution >= 4 is 5.91 Å². The first kappa shape index (κ1) is 12.9. The summed E-state index contributed by atoms with van der Waals surface area (Å²) in [7, 11) is 1.79. The van der Waals surface area contributed by atoms with Gasteiger partial charge in [0.25, 0.3) is 5.89 Å². The summed E-state index contributed by atoms with van der Waals surface area (Å²) < 4.78 is 7.02. The van der Waals surface area contributed by atoms with Gasteiger partial charge >= 0.3 is 0 Å². The fourth-order valence-corrected chi connectivity index (χ4v) is 2.67. The average Bonchev–Trinajstić information content (AvgIpc) is 3.07. The van der Waals surface area contributed by atoms with E-state index in [0.717, 1.165) is 25.7 Å². The molecule has 0 aliphatic heterocycles. The minimum absolute atomic E-state index is 0.353. The molecule has 4 N–H and O–H groups in total. The van der Waals surface area contributed by atoms with Gasteiger partial charge in [-0.05, 0) is 18.9 Å². The summed E-state index contributed by atoms with van der Waals surface area (Å²) in [5.74, 6) is 0.399. The van der Waals surface area contributed by atoms with Gasteiger partial charge in [0, 0.05) is 13.2 Å². The van der Waals surface area contributed by atoms with Gasteiger partial charge < -0.3 is 20.6 Å². The van der Waals surface area contributed by atoms with Crippen molar-refractivity contribution in [3.63, 3.8) is 0 Å². The molecule has 1 saturated carbocycles. The molecule has 106 valence electrons. The minimum Gasteiger partial charge on any atom is -0.366 e. The summed E-state index contributed by atoms with van der Waals surface area (Å²) in [6, 6.07) is 1.64. The van der Waals surface area contributed by atoms with Crippen molar-refractivity contribution < 1.29 is 9.32 Å². The lowest BCUT2D eigenvalue weighted by Crippen LogP contribution is -2.34. The number of aromatic nitrogens is 3. The zero-order chi connectivity index (χ0) is 14.3. The maximum atomic E-state index is 11.2. The van der Waals surface area contributed by atoms with Crippen LogP contribution in [0, 0.1) is 0 Å². The van der Waals surface area contributed by atoms with Gasteiger partial charge in [0.05, 0.1) is 11.1 Å². The molecule has 0 aromatic carbocycles. The topological polar surface area (TPSA) is 113 Å². The first-order valence-corrected chi connectivity index (χ1v) is 6.59. The molecule has 1 aliphatic carbocycles. The first-order valence-electron chi connectivity index (χ1n) is 6.59. The van der Waals surface area contributed by atoms with E-state index < -0.39 is 11.4 Å². The fourth-order valence-electron chi connectivity index (χ4n) is 2.67. The molecule has 0 radical (unpaired) electrons. The summed E-state index contributed by atoms with van der Waals surface area (Å²) in [5.41, 5.74) is 12.1. The molecular formula is C13H17N5O2. The Labute approximate surface area is 115 Å². The second-order valence-electron chi connectivity index (χ2n) is 5.38. The summed E-state index contributed by atoms with van der Waals surface area (Å²) in [6.07, 6.45) is 5.53. The van der Waals surface area contributed by atoms with Crippen molar-refractivity contribution in [1.82, 2.24) is 14.7 Å². The van der Waals surface area contributed by atoms with Crippen molar-refractivity contribution in [3.05, 3.63) is 23.7 Å². The number of aryl methyl sites for hydroxylation is 1. The fraction of sp³-hybridized carbons (Fsp3) is 0.462. The van der Waals surface area contributed by atoms with Crippen LogP contribution in [0.1, 0.15) is 41.9 Å². The summed E-state index contributed by atoms with van der Waals surface area (Å²) in [6.45, 7) is 0. The second-order valence-corrected chi connectivity index (χ2v) is 5.38. The molecule has 0 saturated heterocycles. The van der Waals surface area contributed by atoms with Gasteiger partial charge in [-0.1, -0.05) is 18.0 Å². The third-order valence-electron chi connectivity index (χ3n) is 3.88. The molecule has 7 heteroatoms. The van der Waals surface area contributed by atoms with E-state index >= 15 is 0 Å². The Morgan fingerprint density at radius 3 is 2.75 bits per heavy atom. The van der Waals surface area contributed by atoms with E-state index in [1.807, 2.05) is 0 Å². The Morgan fingerprint density at radius 1 is 1.45 bits per heavy atom. The van der Waals surface area contributed by atoms with E-state index in [1.54, 1.807) is 23.9 Å². The molecule has 0 atom stereocenters. The average molecular weight is 275 g/mol. The smallest absolute Gasteiger partial charge is 0.274 e. The largest absolute Gasteiger partial charge is 0.366 e. The lowest BCUT2D eigenvalue weighted by Gasteiger charge is -2.17. The van der Waals surface area contributed by atoms with Crippen molar-refractivity contribution in [2.45, 2.75) is 31.2 Å². The Balaban J connectivity index is 1.96. The maximum absolute atomic E-state index is 11.2. The molecular weight excluding hydrogens is 258 g/mol. The zero-order valence-corrected chi connectivity index (χ0v) is 11.3. The molecule has 1 aliphatic rings. The van der Waals surface area contributed by atoms with Crippen LogP contribution < -0.4 is 11.5 Å². The van der Waals surface area contributed by atoms with E-state index in [0.29, 0.717) is 23.0 Å². The Morgan fingerprint density at radius 2 is 2.15 bits per heavy atom. The normalized spacial score (nSPS) is 17.5. The molecule has 2 heterocycles. The number of carbonyl (C=O) groups excluding carboxylic acids is 1. The van der Waals surface area contributed by atoms with Gasteiger partial charge in [0.2, 0.25) is 5.91 Å². The predicted molar refractivity (Wildman–Crippen MR) is 71.6 cm³/mol. The highest BCUT2D eigenvalue weighted by atomic mass is 16.5. The molecule has 20 heavy (non-hydrogen) atoms. The number of amides is 1. The van der Waals surface area contributed by atoms with Gasteiger partial charge in [0.1, 0.15) is 5.69 Å². The van der Waals surface area contributed by atoms with Crippen LogP contribution in [0.15, 0.2) is 16.8 Å². The zero-order valence-electron chi connectivity index (χ0n) is 11.3. The maximum Gasteiger partial charge on any atom is 0.274 e. The molecule has 1 fully saturated rings. The number of nitrogens with zero attached hydrogens (tertiary/aromatic N) is 3. The third kappa shape index (κ3) is 2.00. The standard InChI is InChI=1S/C13H17N5O2/c1-18-7-8(10(14)19)6-9(18)11-16-12(17-20-11)13(15)4-2-3-5-13/h6-7H,2-5,15H2,1H3,(H2,14,19). The van der Waals surface area contributed by atoms with Crippen molar-refractivity contribution in [2.75, 3.05) is 0 Å². The predicted octanol–water partition coefficient (Wildman–Crippen LogP) is 0.902. The minimum atomic E-state index is -0.488. The van der Waals surface area contributed by atoms with Crippen LogP contribution in [0.25, 0.3) is 11.6 Å². The van der Waals surface area contributed by atoms with Gasteiger partial charge in [-0.2, -0.15) is 4.98 Å². The Bertz CT molecular complexity index is 652. The van der Waals surface area contributed by atoms with E-state index in [1.165, 1.54) is 0 Å². The number of primary amides is 1. The van der Waals surface area contributed by atoms with Crippen LogP contribution >= 0.6 is 0 Å². The molecule has 2 aromatic heterocycles. The summed E-state index contributed by atoms with van der Waals surface area (Å²) in [4.78, 5) is 15.6. The molecule has 0 unspecified atom stereocenters. The molecule has 0 bridgehead atoms. The van der Waals surface area contributed by atoms with Crippen LogP contribution in [0.5, 0.6) is 0 Å². The number of carbonyl (C=O) groups is 1.